The number of thiophene rings is 1. The Morgan fingerprint density at radius 2 is 1.96 bits per heavy atom. The molecule has 1 aromatic carbocycles. The highest BCUT2D eigenvalue weighted by Gasteiger charge is 2.28. The Morgan fingerprint density at radius 3 is 2.71 bits per heavy atom. The van der Waals surface area contributed by atoms with Crippen LogP contribution in [0.25, 0.3) is 11.6 Å². The van der Waals surface area contributed by atoms with Crippen LogP contribution in [0.1, 0.15) is 20.9 Å². The van der Waals surface area contributed by atoms with Gasteiger partial charge in [-0.2, -0.15) is 0 Å². The van der Waals surface area contributed by atoms with Gasteiger partial charge in [0.25, 0.3) is 11.8 Å². The molecule has 3 aromatic rings. The largest absolute Gasteiger partial charge is 0.362 e. The summed E-state index contributed by atoms with van der Waals surface area (Å²) in [7, 11) is 0. The number of amides is 2. The molecule has 0 saturated heterocycles. The third-order valence-corrected chi connectivity index (χ3v) is 4.72. The lowest BCUT2D eigenvalue weighted by atomic mass is 10.1. The number of carbonyl (C=O) groups excluding carboxylic acids is 2. The van der Waals surface area contributed by atoms with Crippen LogP contribution in [0.2, 0.25) is 0 Å². The third kappa shape index (κ3) is 2.63. The second-order valence-corrected chi connectivity index (χ2v) is 6.36. The fourth-order valence-corrected chi connectivity index (χ4v) is 3.50. The standard InChI is InChI=1S/C18H13N3O2S/c22-16-13(9-12-7-4-8-19-12)14-10-15(24-18(14)21-16)17(23)20-11-5-2-1-3-6-11/h1-10,19H,(H,20,23)(H,21,22)/b13-9-. The molecule has 118 valence electrons. The Kier molecular flexibility index (Phi) is 3.51. The van der Waals surface area contributed by atoms with Crippen LogP contribution in [0.3, 0.4) is 0 Å². The van der Waals surface area contributed by atoms with E-state index in [4.69, 9.17) is 0 Å². The quantitative estimate of drug-likeness (QED) is 0.637. The van der Waals surface area contributed by atoms with Crippen LogP contribution in [0.4, 0.5) is 10.7 Å². The van der Waals surface area contributed by atoms with Gasteiger partial charge in [0.05, 0.1) is 10.5 Å². The molecule has 4 rings (SSSR count). The van der Waals surface area contributed by atoms with E-state index in [1.807, 2.05) is 42.5 Å². The maximum atomic E-state index is 12.4. The number of nitrogens with one attached hydrogen (secondary N) is 3. The number of para-hydroxylation sites is 1. The second-order valence-electron chi connectivity index (χ2n) is 5.31. The highest BCUT2D eigenvalue weighted by molar-refractivity contribution is 7.19. The molecule has 1 aliphatic rings. The number of H-pyrrole nitrogens is 1. The van der Waals surface area contributed by atoms with E-state index in [-0.39, 0.29) is 11.8 Å². The topological polar surface area (TPSA) is 74.0 Å². The molecule has 1 aliphatic heterocycles. The normalized spacial score (nSPS) is 14.5. The van der Waals surface area contributed by atoms with E-state index in [0.29, 0.717) is 15.5 Å². The lowest BCUT2D eigenvalue weighted by Gasteiger charge is -2.02. The smallest absolute Gasteiger partial charge is 0.265 e. The number of fused-ring (bicyclic) bond motifs is 1. The lowest BCUT2D eigenvalue weighted by molar-refractivity contribution is -0.110. The molecule has 0 unspecified atom stereocenters. The first-order chi connectivity index (χ1) is 11.7. The molecule has 0 bridgehead atoms. The highest BCUT2D eigenvalue weighted by Crippen LogP contribution is 2.40. The number of benzene rings is 1. The Balaban J connectivity index is 1.62. The number of aromatic amines is 1. The average molecular weight is 335 g/mol. The van der Waals surface area contributed by atoms with Crippen LogP contribution in [-0.2, 0) is 4.79 Å². The summed E-state index contributed by atoms with van der Waals surface area (Å²) in [6.45, 7) is 0. The third-order valence-electron chi connectivity index (χ3n) is 3.67. The van der Waals surface area contributed by atoms with Crippen molar-refractivity contribution in [3.63, 3.8) is 0 Å². The lowest BCUT2D eigenvalue weighted by Crippen LogP contribution is -2.10. The Bertz CT molecular complexity index is 940. The molecule has 0 fully saturated rings. The van der Waals surface area contributed by atoms with Crippen LogP contribution in [0.5, 0.6) is 0 Å². The molecule has 0 aliphatic carbocycles. The van der Waals surface area contributed by atoms with E-state index >= 15 is 0 Å². The van der Waals surface area contributed by atoms with Crippen LogP contribution in [0.15, 0.2) is 54.7 Å². The molecule has 0 saturated carbocycles. The van der Waals surface area contributed by atoms with Gasteiger partial charge in [-0.05, 0) is 36.4 Å². The van der Waals surface area contributed by atoms with E-state index in [1.54, 1.807) is 18.3 Å². The summed E-state index contributed by atoms with van der Waals surface area (Å²) in [5.41, 5.74) is 2.90. The van der Waals surface area contributed by atoms with Gasteiger partial charge in [0.2, 0.25) is 0 Å². The van der Waals surface area contributed by atoms with Gasteiger partial charge in [-0.25, -0.2) is 0 Å². The Morgan fingerprint density at radius 1 is 1.12 bits per heavy atom. The number of hydrogen-bond acceptors (Lipinski definition) is 3. The van der Waals surface area contributed by atoms with Crippen molar-refractivity contribution in [3.8, 4) is 0 Å². The highest BCUT2D eigenvalue weighted by atomic mass is 32.1. The van der Waals surface area contributed by atoms with Crippen molar-refractivity contribution in [2.24, 2.45) is 0 Å². The Labute approximate surface area is 142 Å². The molecular formula is C18H13N3O2S. The van der Waals surface area contributed by atoms with E-state index < -0.39 is 0 Å². The van der Waals surface area contributed by atoms with Gasteiger partial charge in [-0.15, -0.1) is 11.3 Å². The summed E-state index contributed by atoms with van der Waals surface area (Å²) < 4.78 is 0. The molecule has 0 spiro atoms. The van der Waals surface area contributed by atoms with Gasteiger partial charge < -0.3 is 15.6 Å². The van der Waals surface area contributed by atoms with Crippen molar-refractivity contribution < 1.29 is 9.59 Å². The summed E-state index contributed by atoms with van der Waals surface area (Å²) >= 11 is 1.27. The summed E-state index contributed by atoms with van der Waals surface area (Å²) in [6.07, 6.45) is 3.58. The fraction of sp³-hybridized carbons (Fsp3) is 0. The summed E-state index contributed by atoms with van der Waals surface area (Å²) in [5.74, 6) is -0.338. The van der Waals surface area contributed by atoms with Crippen molar-refractivity contribution in [1.29, 1.82) is 0 Å². The van der Waals surface area contributed by atoms with Crippen LogP contribution < -0.4 is 10.6 Å². The maximum absolute atomic E-state index is 12.4. The number of rotatable bonds is 3. The minimum absolute atomic E-state index is 0.152. The minimum atomic E-state index is -0.186. The molecular weight excluding hydrogens is 322 g/mol. The van der Waals surface area contributed by atoms with Gasteiger partial charge in [0.1, 0.15) is 5.00 Å². The maximum Gasteiger partial charge on any atom is 0.265 e. The van der Waals surface area contributed by atoms with Crippen molar-refractivity contribution in [1.82, 2.24) is 4.98 Å². The number of aromatic nitrogens is 1. The molecule has 0 radical (unpaired) electrons. The van der Waals surface area contributed by atoms with Crippen molar-refractivity contribution >= 4 is 45.5 Å². The molecule has 2 amide bonds. The predicted molar refractivity (Wildman–Crippen MR) is 96.0 cm³/mol. The number of carbonyl (C=O) groups is 2. The molecule has 3 N–H and O–H groups in total. The van der Waals surface area contributed by atoms with Gasteiger partial charge in [-0.1, -0.05) is 18.2 Å². The minimum Gasteiger partial charge on any atom is -0.362 e. The van der Waals surface area contributed by atoms with Crippen molar-refractivity contribution in [3.05, 3.63) is 70.9 Å². The molecule has 3 heterocycles. The first-order valence-electron chi connectivity index (χ1n) is 7.38. The van der Waals surface area contributed by atoms with E-state index in [9.17, 15) is 9.59 Å². The average Bonchev–Trinajstić information content (AvgIpc) is 3.28. The summed E-state index contributed by atoms with van der Waals surface area (Å²) in [4.78, 5) is 28.1. The first kappa shape index (κ1) is 14.5. The predicted octanol–water partition coefficient (Wildman–Crippen LogP) is 3.82. The van der Waals surface area contributed by atoms with Crippen molar-refractivity contribution in [2.45, 2.75) is 0 Å². The monoisotopic (exact) mass is 335 g/mol. The zero-order chi connectivity index (χ0) is 16.5. The molecule has 24 heavy (non-hydrogen) atoms. The second kappa shape index (κ2) is 5.82. The van der Waals surface area contributed by atoms with E-state index in [1.165, 1.54) is 11.3 Å². The first-order valence-corrected chi connectivity index (χ1v) is 8.19. The SMILES string of the molecule is O=C1Nc2sc(C(=O)Nc3ccccc3)cc2/C1=C/c1ccc[nH]1. The van der Waals surface area contributed by atoms with E-state index in [2.05, 4.69) is 15.6 Å². The molecule has 5 nitrogen and oxygen atoms in total. The van der Waals surface area contributed by atoms with Crippen LogP contribution in [0, 0.1) is 0 Å². The molecule has 2 aromatic heterocycles. The van der Waals surface area contributed by atoms with Gasteiger partial charge >= 0.3 is 0 Å². The zero-order valence-electron chi connectivity index (χ0n) is 12.5. The molecule has 6 heteroatoms. The number of hydrogen-bond donors (Lipinski definition) is 3. The van der Waals surface area contributed by atoms with Crippen molar-refractivity contribution in [2.75, 3.05) is 10.6 Å². The Hall–Kier alpha value is -3.12. The molecule has 0 atom stereocenters. The van der Waals surface area contributed by atoms with Gasteiger partial charge in [-0.3, -0.25) is 9.59 Å². The summed E-state index contributed by atoms with van der Waals surface area (Å²) in [6, 6.07) is 14.8. The zero-order valence-corrected chi connectivity index (χ0v) is 13.3. The number of anilines is 2. The van der Waals surface area contributed by atoms with Crippen LogP contribution in [-0.4, -0.2) is 16.8 Å². The van der Waals surface area contributed by atoms with Crippen LogP contribution >= 0.6 is 11.3 Å². The van der Waals surface area contributed by atoms with Gasteiger partial charge in [0.15, 0.2) is 0 Å². The van der Waals surface area contributed by atoms with E-state index in [0.717, 1.165) is 16.9 Å². The fourth-order valence-electron chi connectivity index (χ4n) is 2.54. The van der Waals surface area contributed by atoms with Gasteiger partial charge in [0, 0.05) is 23.1 Å². The summed E-state index contributed by atoms with van der Waals surface area (Å²) in [5, 5.41) is 6.37.